The number of carbonyl (C=O) groups excluding carboxylic acids is 1. The number of nitro groups is 2. The zero-order chi connectivity index (χ0) is 30.9. The second-order valence-electron chi connectivity index (χ2n) is 9.86. The second-order valence-corrected chi connectivity index (χ2v) is 9.86. The topological polar surface area (TPSA) is 115 Å². The van der Waals surface area contributed by atoms with Crippen molar-refractivity contribution in [3.05, 3.63) is 194 Å². The van der Waals surface area contributed by atoms with Gasteiger partial charge < -0.3 is 5.32 Å². The van der Waals surface area contributed by atoms with Crippen LogP contribution in [-0.2, 0) is 4.79 Å². The summed E-state index contributed by atoms with van der Waals surface area (Å²) in [6.45, 7) is 0. The molecular formula is C36H27N3O5. The molecule has 0 atom stereocenters. The molecule has 44 heavy (non-hydrogen) atoms. The smallest absolute Gasteiger partial charge is 0.269 e. The van der Waals surface area contributed by atoms with E-state index >= 15 is 0 Å². The summed E-state index contributed by atoms with van der Waals surface area (Å²) >= 11 is 0. The maximum atomic E-state index is 14.2. The van der Waals surface area contributed by atoms with Gasteiger partial charge in [-0.15, -0.1) is 0 Å². The van der Waals surface area contributed by atoms with Gasteiger partial charge in [0.05, 0.1) is 27.2 Å². The fourth-order valence-electron chi connectivity index (χ4n) is 4.82. The molecule has 0 aliphatic carbocycles. The van der Waals surface area contributed by atoms with Gasteiger partial charge in [-0.25, -0.2) is 0 Å². The molecule has 216 valence electrons. The second kappa shape index (κ2) is 13.7. The van der Waals surface area contributed by atoms with E-state index in [1.54, 1.807) is 18.2 Å². The third-order valence-electron chi connectivity index (χ3n) is 7.01. The van der Waals surface area contributed by atoms with Gasteiger partial charge in [-0.2, -0.15) is 0 Å². The SMILES string of the molecule is O=C(/C=C/c1ccccc1)/C(=C(\NC(c1ccccc1)c1ccccc1)c1ccc([N+](=O)[O-])cc1)c1ccc([N+](=O)[O-])cc1. The average molecular weight is 582 g/mol. The molecule has 1 N–H and O–H groups in total. The van der Waals surface area contributed by atoms with Crippen molar-refractivity contribution in [1.29, 1.82) is 0 Å². The molecule has 0 bridgehead atoms. The molecule has 5 aromatic rings. The van der Waals surface area contributed by atoms with Gasteiger partial charge in [-0.1, -0.05) is 97.1 Å². The summed E-state index contributed by atoms with van der Waals surface area (Å²) in [4.78, 5) is 36.1. The van der Waals surface area contributed by atoms with Crippen LogP contribution in [0.15, 0.2) is 146 Å². The van der Waals surface area contributed by atoms with Crippen LogP contribution in [0.1, 0.15) is 33.9 Å². The number of nitro benzene ring substituents is 2. The number of benzene rings is 5. The highest BCUT2D eigenvalue weighted by molar-refractivity contribution is 6.32. The average Bonchev–Trinajstić information content (AvgIpc) is 3.07. The highest BCUT2D eigenvalue weighted by atomic mass is 16.6. The van der Waals surface area contributed by atoms with Crippen molar-refractivity contribution in [2.24, 2.45) is 0 Å². The molecule has 0 saturated carbocycles. The lowest BCUT2D eigenvalue weighted by Gasteiger charge is -2.25. The largest absolute Gasteiger partial charge is 0.373 e. The normalized spacial score (nSPS) is 11.7. The fourth-order valence-corrected chi connectivity index (χ4v) is 4.82. The molecular weight excluding hydrogens is 554 g/mol. The number of hydrogen-bond acceptors (Lipinski definition) is 6. The molecule has 5 rings (SSSR count). The van der Waals surface area contributed by atoms with E-state index in [-0.39, 0.29) is 22.7 Å². The third-order valence-corrected chi connectivity index (χ3v) is 7.01. The molecule has 0 unspecified atom stereocenters. The molecule has 0 heterocycles. The van der Waals surface area contributed by atoms with Crippen LogP contribution in [0.3, 0.4) is 0 Å². The van der Waals surface area contributed by atoms with Crippen LogP contribution in [0.5, 0.6) is 0 Å². The highest BCUT2D eigenvalue weighted by Gasteiger charge is 2.23. The molecule has 0 saturated heterocycles. The van der Waals surface area contributed by atoms with Crippen LogP contribution < -0.4 is 5.32 Å². The monoisotopic (exact) mass is 581 g/mol. The predicted molar refractivity (Wildman–Crippen MR) is 171 cm³/mol. The number of nitrogens with one attached hydrogen (secondary N) is 1. The number of hydrogen-bond donors (Lipinski definition) is 1. The Balaban J connectivity index is 1.75. The van der Waals surface area contributed by atoms with E-state index < -0.39 is 15.9 Å². The van der Waals surface area contributed by atoms with Crippen LogP contribution in [0.25, 0.3) is 17.3 Å². The molecule has 0 aliphatic heterocycles. The van der Waals surface area contributed by atoms with Crippen LogP contribution in [0, 0.1) is 20.2 Å². The van der Waals surface area contributed by atoms with E-state index in [9.17, 15) is 25.0 Å². The minimum absolute atomic E-state index is 0.0945. The molecule has 0 radical (unpaired) electrons. The van der Waals surface area contributed by atoms with Crippen molar-refractivity contribution >= 4 is 34.5 Å². The Morgan fingerprint density at radius 3 is 1.48 bits per heavy atom. The molecule has 0 aliphatic rings. The van der Waals surface area contributed by atoms with Gasteiger partial charge in [0.15, 0.2) is 5.78 Å². The van der Waals surface area contributed by atoms with Gasteiger partial charge in [0.1, 0.15) is 0 Å². The first-order valence-electron chi connectivity index (χ1n) is 13.8. The van der Waals surface area contributed by atoms with Crippen molar-refractivity contribution in [3.63, 3.8) is 0 Å². The van der Waals surface area contributed by atoms with Gasteiger partial charge in [0.2, 0.25) is 0 Å². The maximum absolute atomic E-state index is 14.2. The highest BCUT2D eigenvalue weighted by Crippen LogP contribution is 2.33. The molecule has 5 aromatic carbocycles. The Labute approximate surface area is 253 Å². The van der Waals surface area contributed by atoms with Gasteiger partial charge in [0.25, 0.3) is 11.4 Å². The number of nitrogens with zero attached hydrogens (tertiary/aromatic N) is 2. The summed E-state index contributed by atoms with van der Waals surface area (Å²) < 4.78 is 0. The van der Waals surface area contributed by atoms with Crippen molar-refractivity contribution in [2.45, 2.75) is 6.04 Å². The minimum Gasteiger partial charge on any atom is -0.373 e. The minimum atomic E-state index is -0.499. The first-order chi connectivity index (χ1) is 21.4. The predicted octanol–water partition coefficient (Wildman–Crippen LogP) is 8.03. The summed E-state index contributed by atoms with van der Waals surface area (Å²) in [6.07, 6.45) is 3.16. The van der Waals surface area contributed by atoms with Crippen molar-refractivity contribution in [3.8, 4) is 0 Å². The third kappa shape index (κ3) is 7.00. The summed E-state index contributed by atoms with van der Waals surface area (Å²) in [5.74, 6) is -0.358. The Bertz CT molecular complexity index is 1780. The molecule has 0 fully saturated rings. The van der Waals surface area contributed by atoms with Gasteiger partial charge >= 0.3 is 0 Å². The lowest BCUT2D eigenvalue weighted by Crippen LogP contribution is -2.23. The number of allylic oxidation sites excluding steroid dienone is 2. The number of carbonyl (C=O) groups is 1. The lowest BCUT2D eigenvalue weighted by molar-refractivity contribution is -0.385. The van der Waals surface area contributed by atoms with E-state index in [1.165, 1.54) is 42.5 Å². The van der Waals surface area contributed by atoms with E-state index in [0.29, 0.717) is 16.8 Å². The fraction of sp³-hybridized carbons (Fsp3) is 0.0278. The maximum Gasteiger partial charge on any atom is 0.269 e. The lowest BCUT2D eigenvalue weighted by atomic mass is 9.92. The summed E-state index contributed by atoms with van der Waals surface area (Å²) in [5.41, 5.74) is 4.09. The van der Waals surface area contributed by atoms with Gasteiger partial charge in [-0.3, -0.25) is 25.0 Å². The van der Waals surface area contributed by atoms with E-state index in [1.807, 2.05) is 91.0 Å². The summed E-state index contributed by atoms with van der Waals surface area (Å²) in [5, 5.41) is 26.5. The van der Waals surface area contributed by atoms with Gasteiger partial charge in [0, 0.05) is 24.3 Å². The molecule has 0 amide bonds. The van der Waals surface area contributed by atoms with E-state index in [0.717, 1.165) is 16.7 Å². The van der Waals surface area contributed by atoms with Crippen LogP contribution in [0.4, 0.5) is 11.4 Å². The zero-order valence-electron chi connectivity index (χ0n) is 23.4. The van der Waals surface area contributed by atoms with E-state index in [2.05, 4.69) is 5.32 Å². The van der Waals surface area contributed by atoms with Crippen LogP contribution in [-0.4, -0.2) is 15.6 Å². The number of non-ortho nitro benzene ring substituents is 2. The van der Waals surface area contributed by atoms with Gasteiger partial charge in [-0.05, 0) is 58.2 Å². The molecule has 8 heteroatoms. The zero-order valence-corrected chi connectivity index (χ0v) is 23.4. The molecule has 0 aromatic heterocycles. The standard InChI is InChI=1S/C36H27N3O5/c40-33(25-16-26-10-4-1-5-11-26)34(27-17-21-31(22-18-27)38(41)42)36(30-19-23-32(24-20-30)39(43)44)37-35(28-12-6-2-7-13-28)29-14-8-3-9-15-29/h1-25,35,37H/b25-16+,36-34-. The van der Waals surface area contributed by atoms with Crippen LogP contribution in [0.2, 0.25) is 0 Å². The Hall–Kier alpha value is -6.15. The Kier molecular flexibility index (Phi) is 9.12. The van der Waals surface area contributed by atoms with Crippen molar-refractivity contribution < 1.29 is 14.6 Å². The van der Waals surface area contributed by atoms with Crippen LogP contribution >= 0.6 is 0 Å². The van der Waals surface area contributed by atoms with Crippen molar-refractivity contribution in [1.82, 2.24) is 5.32 Å². The molecule has 8 nitrogen and oxygen atoms in total. The number of ketones is 1. The summed E-state index contributed by atoms with van der Waals surface area (Å²) in [7, 11) is 0. The summed E-state index contributed by atoms with van der Waals surface area (Å²) in [6, 6.07) is 40.1. The first-order valence-corrected chi connectivity index (χ1v) is 13.8. The van der Waals surface area contributed by atoms with Crippen molar-refractivity contribution in [2.75, 3.05) is 0 Å². The quantitative estimate of drug-likeness (QED) is 0.0731. The Morgan fingerprint density at radius 1 is 0.591 bits per heavy atom. The number of rotatable bonds is 11. The first kappa shape index (κ1) is 29.3. The van der Waals surface area contributed by atoms with E-state index in [4.69, 9.17) is 0 Å². The molecule has 0 spiro atoms. The Morgan fingerprint density at radius 2 is 1.02 bits per heavy atom.